The zero-order chi connectivity index (χ0) is 29.1. The smallest absolute Gasteiger partial charge is 0.264 e. The lowest BCUT2D eigenvalue weighted by atomic mass is 9.68. The van der Waals surface area contributed by atoms with Gasteiger partial charge in [0, 0.05) is 29.1 Å². The van der Waals surface area contributed by atoms with Crippen LogP contribution in [-0.4, -0.2) is 50.5 Å². The van der Waals surface area contributed by atoms with E-state index in [1.54, 1.807) is 12.1 Å². The predicted molar refractivity (Wildman–Crippen MR) is 164 cm³/mol. The fourth-order valence-corrected chi connectivity index (χ4v) is 10.2. The summed E-state index contributed by atoms with van der Waals surface area (Å²) in [6, 6.07) is 11.5. The molecule has 2 bridgehead atoms. The van der Waals surface area contributed by atoms with E-state index in [1.165, 1.54) is 11.1 Å². The second-order valence-corrected chi connectivity index (χ2v) is 15.5. The molecule has 2 heterocycles. The summed E-state index contributed by atoms with van der Waals surface area (Å²) in [5.41, 5.74) is 3.39. The van der Waals surface area contributed by atoms with E-state index in [1.807, 2.05) is 24.3 Å². The molecule has 2 N–H and O–H groups in total. The second-order valence-electron chi connectivity index (χ2n) is 13.1. The van der Waals surface area contributed by atoms with Gasteiger partial charge in [0.1, 0.15) is 5.75 Å². The van der Waals surface area contributed by atoms with Crippen LogP contribution in [0.25, 0.3) is 0 Å². The molecule has 0 saturated heterocycles. The highest BCUT2D eigenvalue weighted by Crippen LogP contribution is 2.47. The summed E-state index contributed by atoms with van der Waals surface area (Å²) in [6.07, 6.45) is 11.0. The fourth-order valence-electron chi connectivity index (χ4n) is 8.29. The molecule has 1 spiro atoms. The Labute approximate surface area is 253 Å². The summed E-state index contributed by atoms with van der Waals surface area (Å²) < 4.78 is 35.7. The number of fused-ring (bicyclic) bond motifs is 5. The quantitative estimate of drug-likeness (QED) is 0.389. The van der Waals surface area contributed by atoms with Gasteiger partial charge in [-0.25, -0.2) is 13.1 Å². The van der Waals surface area contributed by atoms with Crippen LogP contribution in [0.1, 0.15) is 72.9 Å². The monoisotopic (exact) mass is 610 g/mol. The number of carbonyl (C=O) groups is 1. The van der Waals surface area contributed by atoms with Crippen molar-refractivity contribution in [1.29, 1.82) is 0 Å². The Morgan fingerprint density at radius 2 is 1.93 bits per heavy atom. The van der Waals surface area contributed by atoms with Gasteiger partial charge in [-0.05, 0) is 111 Å². The van der Waals surface area contributed by atoms with Crippen LogP contribution in [0.4, 0.5) is 5.69 Å². The minimum absolute atomic E-state index is 0.0655. The van der Waals surface area contributed by atoms with Crippen molar-refractivity contribution in [2.24, 2.45) is 17.8 Å². The number of halogens is 1. The van der Waals surface area contributed by atoms with Gasteiger partial charge in [-0.2, -0.15) is 0 Å². The normalized spacial score (nSPS) is 34.6. The van der Waals surface area contributed by atoms with Crippen molar-refractivity contribution in [3.8, 4) is 5.75 Å². The minimum Gasteiger partial charge on any atom is -0.490 e. The molecule has 2 saturated carbocycles. The first kappa shape index (κ1) is 28.2. The molecule has 7 nitrogen and oxygen atoms in total. The fraction of sp³-hybridized carbons (Fsp3) is 0.545. The molecule has 2 fully saturated rings. The molecule has 2 aromatic carbocycles. The number of aliphatic hydroxyl groups is 1. The zero-order valence-corrected chi connectivity index (χ0v) is 25.4. The van der Waals surface area contributed by atoms with Crippen molar-refractivity contribution in [3.05, 3.63) is 70.3 Å². The van der Waals surface area contributed by atoms with E-state index >= 15 is 0 Å². The minimum atomic E-state index is -3.86. The van der Waals surface area contributed by atoms with Crippen molar-refractivity contribution >= 4 is 33.2 Å². The maximum atomic E-state index is 13.4. The largest absolute Gasteiger partial charge is 0.490 e. The average Bonchev–Trinajstić information content (AvgIpc) is 3.37. The lowest BCUT2D eigenvalue weighted by molar-refractivity contribution is 0.0455. The van der Waals surface area contributed by atoms with Crippen molar-refractivity contribution in [2.45, 2.75) is 74.6 Å². The standard InChI is InChI=1S/C33H39ClN2O5S/c34-25-11-13-27-22(16-25)6-3-15-33(27)19-36-18-24-9-12-26(24)29(37)7-1-4-21-5-2-8-31(21)42(39,40)35-32(38)23-10-14-30(41-20-33)28(36)17-23/h1,7,10-11,13-14,16-17,21,24,26,29,31,37H,2-6,8-9,12,15,18-20H2,(H,35,38)/b7-1+/t21-,24-,26+,29-,31-,33-/m0/s1. The Hall–Kier alpha value is -2.55. The van der Waals surface area contributed by atoms with E-state index in [0.29, 0.717) is 43.2 Å². The molecule has 2 aromatic rings. The molecule has 9 heteroatoms. The summed E-state index contributed by atoms with van der Waals surface area (Å²) >= 11 is 6.39. The van der Waals surface area contributed by atoms with E-state index in [4.69, 9.17) is 16.3 Å². The highest BCUT2D eigenvalue weighted by Gasteiger charge is 2.44. The molecule has 224 valence electrons. The Kier molecular flexibility index (Phi) is 7.30. The maximum Gasteiger partial charge on any atom is 0.264 e. The summed E-state index contributed by atoms with van der Waals surface area (Å²) in [4.78, 5) is 15.8. The number of hydrogen-bond acceptors (Lipinski definition) is 6. The van der Waals surface area contributed by atoms with Crippen LogP contribution in [0.2, 0.25) is 5.02 Å². The van der Waals surface area contributed by atoms with Crippen LogP contribution in [0.5, 0.6) is 5.75 Å². The van der Waals surface area contributed by atoms with Crippen LogP contribution in [-0.2, 0) is 21.9 Å². The van der Waals surface area contributed by atoms with E-state index in [-0.39, 0.29) is 17.3 Å². The molecular weight excluding hydrogens is 572 g/mol. The van der Waals surface area contributed by atoms with Gasteiger partial charge in [-0.3, -0.25) is 4.79 Å². The van der Waals surface area contributed by atoms with Gasteiger partial charge < -0.3 is 14.7 Å². The number of hydrogen-bond donors (Lipinski definition) is 2. The van der Waals surface area contributed by atoms with Gasteiger partial charge in [0.15, 0.2) is 0 Å². The summed E-state index contributed by atoms with van der Waals surface area (Å²) in [5.74, 6) is 0.472. The molecule has 5 aliphatic rings. The Bertz CT molecular complexity index is 1530. The second kappa shape index (κ2) is 10.9. The van der Waals surface area contributed by atoms with Crippen molar-refractivity contribution in [2.75, 3.05) is 24.6 Å². The summed E-state index contributed by atoms with van der Waals surface area (Å²) in [6.45, 7) is 1.94. The molecule has 0 unspecified atom stereocenters. The van der Waals surface area contributed by atoms with Crippen molar-refractivity contribution in [3.63, 3.8) is 0 Å². The lowest BCUT2D eigenvalue weighted by Gasteiger charge is -2.45. The highest BCUT2D eigenvalue weighted by molar-refractivity contribution is 7.90. The first-order valence-corrected chi connectivity index (χ1v) is 17.4. The number of nitrogens with zero attached hydrogens (tertiary/aromatic N) is 1. The molecule has 0 radical (unpaired) electrons. The zero-order valence-electron chi connectivity index (χ0n) is 23.8. The van der Waals surface area contributed by atoms with Gasteiger partial charge >= 0.3 is 0 Å². The number of amides is 1. The van der Waals surface area contributed by atoms with Gasteiger partial charge in [-0.1, -0.05) is 36.2 Å². The molecule has 6 atom stereocenters. The SMILES string of the molecule is O=C1NS(=O)(=O)[C@H]2CCC[C@@H]2C/C=C/[C@H](O)[C@@H]2CC[C@H]2CN2C[C@@]3(CCCc4cc(Cl)ccc43)COc3ccc1cc32. The van der Waals surface area contributed by atoms with Gasteiger partial charge in [0.2, 0.25) is 10.0 Å². The topological polar surface area (TPSA) is 95.9 Å². The van der Waals surface area contributed by atoms with E-state index in [9.17, 15) is 18.3 Å². The Morgan fingerprint density at radius 1 is 1.05 bits per heavy atom. The Morgan fingerprint density at radius 3 is 2.76 bits per heavy atom. The van der Waals surface area contributed by atoms with Crippen LogP contribution in [0, 0.1) is 17.8 Å². The number of anilines is 1. The summed E-state index contributed by atoms with van der Waals surface area (Å²) in [5, 5.41) is 11.3. The molecule has 7 rings (SSSR count). The molecule has 3 aliphatic carbocycles. The van der Waals surface area contributed by atoms with E-state index < -0.39 is 27.3 Å². The Balaban J connectivity index is 1.29. The van der Waals surface area contributed by atoms with Crippen LogP contribution < -0.4 is 14.4 Å². The van der Waals surface area contributed by atoms with Crippen molar-refractivity contribution < 1.29 is 23.1 Å². The molecule has 2 aliphatic heterocycles. The third-order valence-corrected chi connectivity index (χ3v) is 12.8. The number of nitrogens with one attached hydrogen (secondary N) is 1. The third kappa shape index (κ3) is 5.03. The number of rotatable bonds is 0. The molecule has 1 amide bonds. The van der Waals surface area contributed by atoms with Crippen LogP contribution in [0.15, 0.2) is 48.6 Å². The predicted octanol–water partition coefficient (Wildman–Crippen LogP) is 5.39. The lowest BCUT2D eigenvalue weighted by Crippen LogP contribution is -2.49. The van der Waals surface area contributed by atoms with Crippen molar-refractivity contribution in [1.82, 2.24) is 4.72 Å². The number of benzene rings is 2. The number of ether oxygens (including phenoxy) is 1. The number of aryl methyl sites for hydroxylation is 1. The molecule has 0 aromatic heterocycles. The number of aliphatic hydroxyl groups excluding tert-OH is 1. The average molecular weight is 611 g/mol. The van der Waals surface area contributed by atoms with Gasteiger partial charge in [-0.15, -0.1) is 0 Å². The summed E-state index contributed by atoms with van der Waals surface area (Å²) in [7, 11) is -3.86. The maximum absolute atomic E-state index is 13.4. The van der Waals surface area contributed by atoms with E-state index in [0.717, 1.165) is 62.2 Å². The van der Waals surface area contributed by atoms with Crippen LogP contribution >= 0.6 is 11.6 Å². The van der Waals surface area contributed by atoms with Gasteiger partial charge in [0.25, 0.3) is 5.91 Å². The molecule has 42 heavy (non-hydrogen) atoms. The van der Waals surface area contributed by atoms with Gasteiger partial charge in [0.05, 0.1) is 23.6 Å². The van der Waals surface area contributed by atoms with Crippen LogP contribution in [0.3, 0.4) is 0 Å². The third-order valence-electron chi connectivity index (χ3n) is 10.7. The number of carbonyl (C=O) groups excluding carboxylic acids is 1. The first-order chi connectivity index (χ1) is 20.2. The first-order valence-electron chi connectivity index (χ1n) is 15.4. The molecular formula is C33H39ClN2O5S. The number of allylic oxidation sites excluding steroid dienone is 1. The number of sulfonamides is 1. The highest BCUT2D eigenvalue weighted by atomic mass is 35.5. The van der Waals surface area contributed by atoms with E-state index in [2.05, 4.69) is 21.8 Å².